The van der Waals surface area contributed by atoms with Crippen LogP contribution in [-0.2, 0) is 24.0 Å². The zero-order chi connectivity index (χ0) is 28.2. The SMILES string of the molecule is CCCCNC(=O)NOCCNC(=O)CN1CCN(CC=O)CCN(CC(=O)O)CCN(CC(=O)O)CC1. The van der Waals surface area contributed by atoms with Gasteiger partial charge in [-0.1, -0.05) is 13.3 Å². The van der Waals surface area contributed by atoms with Crippen LogP contribution in [0.2, 0.25) is 0 Å². The summed E-state index contributed by atoms with van der Waals surface area (Å²) in [6.45, 7) is 5.99. The molecule has 1 saturated heterocycles. The molecule has 1 heterocycles. The summed E-state index contributed by atoms with van der Waals surface area (Å²) in [6.07, 6.45) is 2.61. The number of rotatable bonds is 15. The first kappa shape index (κ1) is 33.2. The monoisotopic (exact) mass is 545 g/mol. The summed E-state index contributed by atoms with van der Waals surface area (Å²) < 4.78 is 0. The summed E-state index contributed by atoms with van der Waals surface area (Å²) in [5.74, 6) is -2.22. The molecule has 218 valence electrons. The summed E-state index contributed by atoms with van der Waals surface area (Å²) in [4.78, 5) is 70.1. The van der Waals surface area contributed by atoms with Crippen LogP contribution >= 0.6 is 0 Å². The first-order valence-corrected chi connectivity index (χ1v) is 12.9. The molecule has 15 heteroatoms. The maximum atomic E-state index is 12.5. The zero-order valence-electron chi connectivity index (χ0n) is 22.2. The highest BCUT2D eigenvalue weighted by Gasteiger charge is 2.20. The number of carboxylic acids is 2. The molecule has 0 bridgehead atoms. The molecule has 1 fully saturated rings. The van der Waals surface area contributed by atoms with E-state index in [0.717, 1.165) is 19.1 Å². The number of aldehydes is 1. The molecule has 0 atom stereocenters. The molecular weight excluding hydrogens is 502 g/mol. The quantitative estimate of drug-likeness (QED) is 0.0845. The minimum absolute atomic E-state index is 0.0614. The van der Waals surface area contributed by atoms with E-state index in [1.54, 1.807) is 9.80 Å². The number of carbonyl (C=O) groups is 5. The molecule has 0 aliphatic carbocycles. The second-order valence-electron chi connectivity index (χ2n) is 8.99. The number of hydroxylamine groups is 1. The first-order chi connectivity index (χ1) is 18.2. The molecule has 0 aromatic carbocycles. The Kier molecular flexibility index (Phi) is 17.6. The van der Waals surface area contributed by atoms with Crippen molar-refractivity contribution in [2.45, 2.75) is 19.8 Å². The lowest BCUT2D eigenvalue weighted by atomic mass is 10.3. The van der Waals surface area contributed by atoms with Gasteiger partial charge in [0.2, 0.25) is 5.91 Å². The van der Waals surface area contributed by atoms with Crippen molar-refractivity contribution in [2.24, 2.45) is 0 Å². The molecule has 0 spiro atoms. The van der Waals surface area contributed by atoms with Gasteiger partial charge in [0.1, 0.15) is 6.29 Å². The van der Waals surface area contributed by atoms with Crippen LogP contribution in [0.1, 0.15) is 19.8 Å². The number of nitrogens with zero attached hydrogens (tertiary/aromatic N) is 4. The molecule has 5 N–H and O–H groups in total. The highest BCUT2D eigenvalue weighted by molar-refractivity contribution is 5.78. The van der Waals surface area contributed by atoms with E-state index in [1.165, 1.54) is 0 Å². The van der Waals surface area contributed by atoms with Crippen molar-refractivity contribution in [3.63, 3.8) is 0 Å². The highest BCUT2D eigenvalue weighted by atomic mass is 16.7. The average molecular weight is 546 g/mol. The van der Waals surface area contributed by atoms with Gasteiger partial charge in [-0.15, -0.1) is 0 Å². The molecule has 1 aliphatic heterocycles. The van der Waals surface area contributed by atoms with Crippen molar-refractivity contribution in [1.82, 2.24) is 35.7 Å². The van der Waals surface area contributed by atoms with Crippen LogP contribution in [0.4, 0.5) is 4.79 Å². The maximum Gasteiger partial charge on any atom is 0.338 e. The third-order valence-corrected chi connectivity index (χ3v) is 5.85. The van der Waals surface area contributed by atoms with Crippen LogP contribution in [0.5, 0.6) is 0 Å². The van der Waals surface area contributed by atoms with Crippen LogP contribution in [-0.4, -0.2) is 158 Å². The van der Waals surface area contributed by atoms with Gasteiger partial charge >= 0.3 is 18.0 Å². The Bertz CT molecular complexity index is 743. The number of aliphatic carboxylic acids is 2. The number of hydrogen-bond donors (Lipinski definition) is 5. The zero-order valence-corrected chi connectivity index (χ0v) is 22.2. The van der Waals surface area contributed by atoms with E-state index in [9.17, 15) is 34.2 Å². The smallest absolute Gasteiger partial charge is 0.338 e. The predicted octanol–water partition coefficient (Wildman–Crippen LogP) is -2.28. The fourth-order valence-electron chi connectivity index (χ4n) is 3.76. The maximum absolute atomic E-state index is 12.5. The molecule has 38 heavy (non-hydrogen) atoms. The number of unbranched alkanes of at least 4 members (excludes halogenated alkanes) is 1. The van der Waals surface area contributed by atoms with Crippen molar-refractivity contribution in [2.75, 3.05) is 98.2 Å². The number of carboxylic acid groups (broad SMARTS) is 2. The lowest BCUT2D eigenvalue weighted by Gasteiger charge is -2.32. The molecule has 15 nitrogen and oxygen atoms in total. The second-order valence-corrected chi connectivity index (χ2v) is 8.99. The summed E-state index contributed by atoms with van der Waals surface area (Å²) in [7, 11) is 0. The molecule has 0 radical (unpaired) electrons. The van der Waals surface area contributed by atoms with Gasteiger partial charge in [-0.25, -0.2) is 10.3 Å². The summed E-state index contributed by atoms with van der Waals surface area (Å²) in [6, 6.07) is -0.444. The van der Waals surface area contributed by atoms with Gasteiger partial charge in [0.25, 0.3) is 0 Å². The number of amides is 3. The highest BCUT2D eigenvalue weighted by Crippen LogP contribution is 2.01. The van der Waals surface area contributed by atoms with Gasteiger partial charge in [-0.05, 0) is 6.42 Å². The van der Waals surface area contributed by atoms with E-state index in [2.05, 4.69) is 16.1 Å². The number of nitrogens with one attached hydrogen (secondary N) is 3. The Morgan fingerprint density at radius 1 is 0.763 bits per heavy atom. The third-order valence-electron chi connectivity index (χ3n) is 5.85. The van der Waals surface area contributed by atoms with Crippen LogP contribution < -0.4 is 16.1 Å². The van der Waals surface area contributed by atoms with Crippen molar-refractivity contribution >= 4 is 30.2 Å². The number of carbonyl (C=O) groups excluding carboxylic acids is 3. The van der Waals surface area contributed by atoms with Crippen LogP contribution in [0, 0.1) is 0 Å². The van der Waals surface area contributed by atoms with E-state index in [-0.39, 0.29) is 45.2 Å². The van der Waals surface area contributed by atoms with Crippen molar-refractivity contribution < 1.29 is 39.0 Å². The third kappa shape index (κ3) is 16.8. The molecule has 0 aromatic rings. The molecule has 1 aliphatic rings. The molecule has 1 rings (SSSR count). The van der Waals surface area contributed by atoms with Gasteiger partial charge < -0.3 is 25.6 Å². The molecule has 0 saturated carbocycles. The Morgan fingerprint density at radius 2 is 1.26 bits per heavy atom. The molecular formula is C23H43N7O8. The predicted molar refractivity (Wildman–Crippen MR) is 137 cm³/mol. The lowest BCUT2D eigenvalue weighted by Crippen LogP contribution is -2.49. The van der Waals surface area contributed by atoms with Gasteiger partial charge in [-0.3, -0.25) is 38.8 Å². The largest absolute Gasteiger partial charge is 0.480 e. The summed E-state index contributed by atoms with van der Waals surface area (Å²) in [5, 5.41) is 23.9. The van der Waals surface area contributed by atoms with Gasteiger partial charge in [0.15, 0.2) is 0 Å². The summed E-state index contributed by atoms with van der Waals surface area (Å²) in [5.41, 5.74) is 2.25. The Morgan fingerprint density at radius 3 is 1.74 bits per heavy atom. The van der Waals surface area contributed by atoms with Crippen molar-refractivity contribution in [1.29, 1.82) is 0 Å². The van der Waals surface area contributed by atoms with Crippen LogP contribution in [0.25, 0.3) is 0 Å². The lowest BCUT2D eigenvalue weighted by molar-refractivity contribution is -0.140. The van der Waals surface area contributed by atoms with Gasteiger partial charge in [0.05, 0.1) is 32.8 Å². The van der Waals surface area contributed by atoms with Gasteiger partial charge in [0, 0.05) is 65.4 Å². The van der Waals surface area contributed by atoms with E-state index in [0.29, 0.717) is 58.9 Å². The Labute approximate surface area is 223 Å². The van der Waals surface area contributed by atoms with E-state index in [1.807, 2.05) is 16.7 Å². The van der Waals surface area contributed by atoms with Gasteiger partial charge in [-0.2, -0.15) is 0 Å². The van der Waals surface area contributed by atoms with E-state index >= 15 is 0 Å². The average Bonchev–Trinajstić information content (AvgIpc) is 2.85. The first-order valence-electron chi connectivity index (χ1n) is 12.9. The fraction of sp³-hybridized carbons (Fsp3) is 0.783. The van der Waals surface area contributed by atoms with Crippen LogP contribution in [0.15, 0.2) is 0 Å². The minimum atomic E-state index is -0.990. The molecule has 0 aromatic heterocycles. The number of urea groups is 1. The Balaban J connectivity index is 2.63. The van der Waals surface area contributed by atoms with Crippen molar-refractivity contribution in [3.05, 3.63) is 0 Å². The fourth-order valence-corrected chi connectivity index (χ4v) is 3.76. The molecule has 3 amide bonds. The normalized spacial score (nSPS) is 17.1. The topological polar surface area (TPSA) is 184 Å². The molecule has 0 unspecified atom stereocenters. The van der Waals surface area contributed by atoms with Crippen LogP contribution in [0.3, 0.4) is 0 Å². The van der Waals surface area contributed by atoms with E-state index in [4.69, 9.17) is 4.84 Å². The van der Waals surface area contributed by atoms with E-state index < -0.39 is 18.0 Å². The standard InChI is InChI=1S/C23H43N7O8/c1-2-3-4-25-23(37)26-38-16-5-24-20(32)17-28-8-6-27(14-15-31)7-9-29(18-21(33)34)12-13-30(11-10-28)19-22(35)36/h15H,2-14,16-19H2,1H3,(H,24,32)(H,33,34)(H,35,36)(H2,25,26,37). The summed E-state index contributed by atoms with van der Waals surface area (Å²) >= 11 is 0. The Hall–Kier alpha value is -2.85. The minimum Gasteiger partial charge on any atom is -0.480 e. The van der Waals surface area contributed by atoms with Crippen molar-refractivity contribution in [3.8, 4) is 0 Å². The second kappa shape index (κ2) is 20.2. The number of hydrogen-bond acceptors (Lipinski definition) is 10.